The lowest BCUT2D eigenvalue weighted by Crippen LogP contribution is -2.40. The van der Waals surface area contributed by atoms with Gasteiger partial charge in [0.2, 0.25) is 0 Å². The maximum atomic E-state index is 13.9. The SMILES string of the molecule is CNCCc1ccc(S(=O)(=O)C2COC2)c(F)c1. The van der Waals surface area contributed by atoms with E-state index >= 15 is 0 Å². The van der Waals surface area contributed by atoms with Crippen LogP contribution in [0.15, 0.2) is 23.1 Å². The monoisotopic (exact) mass is 273 g/mol. The zero-order valence-corrected chi connectivity index (χ0v) is 11.0. The summed E-state index contributed by atoms with van der Waals surface area (Å²) in [5, 5.41) is 2.36. The number of hydrogen-bond acceptors (Lipinski definition) is 4. The minimum Gasteiger partial charge on any atom is -0.379 e. The minimum absolute atomic E-state index is 0.156. The molecule has 0 radical (unpaired) electrons. The van der Waals surface area contributed by atoms with Gasteiger partial charge in [-0.15, -0.1) is 0 Å². The van der Waals surface area contributed by atoms with E-state index in [1.54, 1.807) is 6.07 Å². The Morgan fingerprint density at radius 2 is 2.17 bits per heavy atom. The molecular weight excluding hydrogens is 257 g/mol. The van der Waals surface area contributed by atoms with Crippen LogP contribution in [-0.4, -0.2) is 40.5 Å². The Balaban J connectivity index is 2.24. The molecule has 0 atom stereocenters. The molecule has 1 aromatic rings. The fourth-order valence-corrected chi connectivity index (χ4v) is 3.27. The van der Waals surface area contributed by atoms with E-state index < -0.39 is 20.9 Å². The number of benzene rings is 1. The smallest absolute Gasteiger partial charge is 0.188 e. The summed E-state index contributed by atoms with van der Waals surface area (Å²) < 4.78 is 42.8. The summed E-state index contributed by atoms with van der Waals surface area (Å²) in [6.07, 6.45) is 0.667. The first-order chi connectivity index (χ1) is 8.55. The van der Waals surface area contributed by atoms with Gasteiger partial charge in [0.15, 0.2) is 9.84 Å². The van der Waals surface area contributed by atoms with E-state index in [-0.39, 0.29) is 18.1 Å². The molecule has 0 saturated carbocycles. The first-order valence-corrected chi connectivity index (χ1v) is 7.35. The van der Waals surface area contributed by atoms with Crippen LogP contribution < -0.4 is 5.32 Å². The third kappa shape index (κ3) is 2.55. The van der Waals surface area contributed by atoms with E-state index in [1.165, 1.54) is 12.1 Å². The average molecular weight is 273 g/mol. The highest BCUT2D eigenvalue weighted by Crippen LogP contribution is 2.24. The highest BCUT2D eigenvalue weighted by Gasteiger charge is 2.35. The van der Waals surface area contributed by atoms with Crippen LogP contribution in [-0.2, 0) is 21.0 Å². The third-order valence-corrected chi connectivity index (χ3v) is 5.11. The molecule has 1 heterocycles. The van der Waals surface area contributed by atoms with E-state index in [0.29, 0.717) is 6.42 Å². The van der Waals surface area contributed by atoms with Gasteiger partial charge in [-0.1, -0.05) is 6.07 Å². The van der Waals surface area contributed by atoms with Crippen molar-refractivity contribution in [2.24, 2.45) is 0 Å². The van der Waals surface area contributed by atoms with Crippen molar-refractivity contribution in [1.29, 1.82) is 0 Å². The number of nitrogens with one attached hydrogen (secondary N) is 1. The van der Waals surface area contributed by atoms with Gasteiger partial charge in [-0.05, 0) is 37.7 Å². The summed E-state index contributed by atoms with van der Waals surface area (Å²) in [6, 6.07) is 4.31. The van der Waals surface area contributed by atoms with Gasteiger partial charge in [0.05, 0.1) is 13.2 Å². The van der Waals surface area contributed by atoms with E-state index in [2.05, 4.69) is 5.32 Å². The quantitative estimate of drug-likeness (QED) is 0.860. The van der Waals surface area contributed by atoms with E-state index in [4.69, 9.17) is 4.74 Å². The fraction of sp³-hybridized carbons (Fsp3) is 0.500. The lowest BCUT2D eigenvalue weighted by molar-refractivity contribution is 0.0415. The largest absolute Gasteiger partial charge is 0.379 e. The van der Waals surface area contributed by atoms with Gasteiger partial charge in [-0.25, -0.2) is 12.8 Å². The topological polar surface area (TPSA) is 55.4 Å². The zero-order valence-electron chi connectivity index (χ0n) is 10.1. The Morgan fingerprint density at radius 3 is 2.67 bits per heavy atom. The van der Waals surface area contributed by atoms with Crippen LogP contribution in [0.4, 0.5) is 4.39 Å². The van der Waals surface area contributed by atoms with Crippen molar-refractivity contribution in [2.45, 2.75) is 16.6 Å². The van der Waals surface area contributed by atoms with E-state index in [0.717, 1.165) is 12.1 Å². The number of ether oxygens (including phenoxy) is 1. The van der Waals surface area contributed by atoms with Gasteiger partial charge in [0.25, 0.3) is 0 Å². The lowest BCUT2D eigenvalue weighted by Gasteiger charge is -2.25. The summed E-state index contributed by atoms with van der Waals surface area (Å²) in [4.78, 5) is -0.219. The van der Waals surface area contributed by atoms with Crippen LogP contribution in [0.3, 0.4) is 0 Å². The molecule has 0 bridgehead atoms. The summed E-state index contributed by atoms with van der Waals surface area (Å²) in [6.45, 7) is 1.04. The molecule has 1 aromatic carbocycles. The second kappa shape index (κ2) is 5.34. The Kier molecular flexibility index (Phi) is 3.99. The second-order valence-corrected chi connectivity index (χ2v) is 6.52. The van der Waals surface area contributed by atoms with Crippen LogP contribution >= 0.6 is 0 Å². The highest BCUT2D eigenvalue weighted by molar-refractivity contribution is 7.92. The molecule has 1 aliphatic rings. The molecule has 100 valence electrons. The maximum absolute atomic E-state index is 13.9. The molecule has 18 heavy (non-hydrogen) atoms. The number of hydrogen-bond donors (Lipinski definition) is 1. The molecule has 1 saturated heterocycles. The molecular formula is C12H16FNO3S. The third-order valence-electron chi connectivity index (χ3n) is 3.01. The maximum Gasteiger partial charge on any atom is 0.188 e. The molecule has 4 nitrogen and oxygen atoms in total. The zero-order chi connectivity index (χ0) is 13.2. The first kappa shape index (κ1) is 13.5. The van der Waals surface area contributed by atoms with Crippen molar-refractivity contribution in [3.63, 3.8) is 0 Å². The van der Waals surface area contributed by atoms with Crippen molar-refractivity contribution < 1.29 is 17.5 Å². The number of likely N-dealkylation sites (N-methyl/N-ethyl adjacent to an activating group) is 1. The number of rotatable bonds is 5. The van der Waals surface area contributed by atoms with Gasteiger partial charge < -0.3 is 10.1 Å². The van der Waals surface area contributed by atoms with Gasteiger partial charge in [0, 0.05) is 0 Å². The van der Waals surface area contributed by atoms with Crippen molar-refractivity contribution in [3.8, 4) is 0 Å². The van der Waals surface area contributed by atoms with Crippen molar-refractivity contribution in [1.82, 2.24) is 5.32 Å². The summed E-state index contributed by atoms with van der Waals surface area (Å²) >= 11 is 0. The molecule has 0 aromatic heterocycles. The predicted molar refractivity (Wildman–Crippen MR) is 65.8 cm³/mol. The average Bonchev–Trinajstić information content (AvgIpc) is 2.22. The fourth-order valence-electron chi connectivity index (χ4n) is 1.77. The molecule has 1 N–H and O–H groups in total. The summed E-state index contributed by atoms with van der Waals surface area (Å²) in [7, 11) is -1.77. The van der Waals surface area contributed by atoms with Crippen LogP contribution in [0.2, 0.25) is 0 Å². The molecule has 0 amide bonds. The molecule has 6 heteroatoms. The summed E-state index contributed by atoms with van der Waals surface area (Å²) in [5.74, 6) is -0.671. The molecule has 1 fully saturated rings. The predicted octanol–water partition coefficient (Wildman–Crippen LogP) is 0.760. The molecule has 0 spiro atoms. The Bertz CT molecular complexity index is 526. The number of sulfone groups is 1. The van der Waals surface area contributed by atoms with Gasteiger partial charge in [-0.2, -0.15) is 0 Å². The van der Waals surface area contributed by atoms with Gasteiger partial charge in [-0.3, -0.25) is 0 Å². The van der Waals surface area contributed by atoms with Crippen molar-refractivity contribution in [2.75, 3.05) is 26.8 Å². The molecule has 0 aliphatic carbocycles. The first-order valence-electron chi connectivity index (χ1n) is 5.80. The molecule has 1 aliphatic heterocycles. The van der Waals surface area contributed by atoms with Gasteiger partial charge >= 0.3 is 0 Å². The van der Waals surface area contributed by atoms with Crippen molar-refractivity contribution >= 4 is 9.84 Å². The summed E-state index contributed by atoms with van der Waals surface area (Å²) in [5.41, 5.74) is 0.783. The number of halogens is 1. The molecule has 2 rings (SSSR count). The standard InChI is InChI=1S/C12H16FNO3S/c1-14-5-4-9-2-3-12(11(13)6-9)18(15,16)10-7-17-8-10/h2-3,6,10,14H,4-5,7-8H2,1H3. The Hall–Kier alpha value is -0.980. The van der Waals surface area contributed by atoms with E-state index in [9.17, 15) is 12.8 Å². The molecule has 0 unspecified atom stereocenters. The Labute approximate surface area is 106 Å². The van der Waals surface area contributed by atoms with Crippen LogP contribution in [0.1, 0.15) is 5.56 Å². The van der Waals surface area contributed by atoms with Gasteiger partial charge in [0.1, 0.15) is 16.0 Å². The van der Waals surface area contributed by atoms with Crippen LogP contribution in [0, 0.1) is 5.82 Å². The highest BCUT2D eigenvalue weighted by atomic mass is 32.2. The van der Waals surface area contributed by atoms with E-state index in [1.807, 2.05) is 7.05 Å². The minimum atomic E-state index is -3.59. The van der Waals surface area contributed by atoms with Crippen molar-refractivity contribution in [3.05, 3.63) is 29.6 Å². The normalized spacial score (nSPS) is 16.6. The Morgan fingerprint density at radius 1 is 1.44 bits per heavy atom. The van der Waals surface area contributed by atoms with Crippen LogP contribution in [0.5, 0.6) is 0 Å². The lowest BCUT2D eigenvalue weighted by atomic mass is 10.1. The van der Waals surface area contributed by atoms with Crippen LogP contribution in [0.25, 0.3) is 0 Å². The second-order valence-electron chi connectivity index (χ2n) is 4.32.